The Kier molecular flexibility index (Phi) is 7.78. The zero-order chi connectivity index (χ0) is 20.5. The molecule has 0 radical (unpaired) electrons. The van der Waals surface area contributed by atoms with Crippen LogP contribution < -0.4 is 10.6 Å². The maximum Gasteiger partial charge on any atom is 0.225 e. The number of amides is 2. The number of piperazine rings is 1. The number of carbonyl (C=O) groups excluding carboxylic acids is 2. The van der Waals surface area contributed by atoms with Crippen molar-refractivity contribution < 1.29 is 9.59 Å². The molecule has 0 aliphatic carbocycles. The molecule has 154 valence electrons. The van der Waals surface area contributed by atoms with Crippen molar-refractivity contribution in [2.45, 2.75) is 25.8 Å². The van der Waals surface area contributed by atoms with E-state index in [-0.39, 0.29) is 11.8 Å². The maximum absolute atomic E-state index is 12.2. The summed E-state index contributed by atoms with van der Waals surface area (Å²) in [6, 6.07) is 19.5. The minimum atomic E-state index is 0.0448. The molecule has 29 heavy (non-hydrogen) atoms. The highest BCUT2D eigenvalue weighted by molar-refractivity contribution is 5.91. The first kappa shape index (κ1) is 21.0. The van der Waals surface area contributed by atoms with Crippen LogP contribution in [0.3, 0.4) is 0 Å². The lowest BCUT2D eigenvalue weighted by Gasteiger charge is -2.39. The molecule has 2 aromatic rings. The van der Waals surface area contributed by atoms with Gasteiger partial charge in [0.2, 0.25) is 11.8 Å². The standard InChI is InChI=1S/C23H30N4O2/c1-19-18-26(14-12-22(28)24-20-8-4-2-5-9-20)16-17-27(19)15-13-23(29)25-21-10-6-3-7-11-21/h2-11,19H,12-18H2,1H3,(H,24,28)(H,25,29). The summed E-state index contributed by atoms with van der Waals surface area (Å²) in [5.74, 6) is 0.0901. The van der Waals surface area contributed by atoms with Gasteiger partial charge in [-0.1, -0.05) is 36.4 Å². The number of rotatable bonds is 8. The van der Waals surface area contributed by atoms with Gasteiger partial charge in [0.05, 0.1) is 0 Å². The normalized spacial score (nSPS) is 17.6. The quantitative estimate of drug-likeness (QED) is 0.722. The number of para-hydroxylation sites is 2. The van der Waals surface area contributed by atoms with Gasteiger partial charge < -0.3 is 15.5 Å². The summed E-state index contributed by atoms with van der Waals surface area (Å²) in [5, 5.41) is 5.87. The highest BCUT2D eigenvalue weighted by atomic mass is 16.2. The molecule has 6 heteroatoms. The summed E-state index contributed by atoms with van der Waals surface area (Å²) in [7, 11) is 0. The summed E-state index contributed by atoms with van der Waals surface area (Å²) >= 11 is 0. The molecule has 2 N–H and O–H groups in total. The molecule has 3 rings (SSSR count). The van der Waals surface area contributed by atoms with Crippen LogP contribution in [0.25, 0.3) is 0 Å². The summed E-state index contributed by atoms with van der Waals surface area (Å²) in [6.45, 7) is 6.45. The third-order valence-electron chi connectivity index (χ3n) is 5.25. The average Bonchev–Trinajstić information content (AvgIpc) is 2.73. The third-order valence-corrected chi connectivity index (χ3v) is 5.25. The number of benzene rings is 2. The van der Waals surface area contributed by atoms with E-state index in [4.69, 9.17) is 0 Å². The van der Waals surface area contributed by atoms with Gasteiger partial charge in [0.1, 0.15) is 0 Å². The van der Waals surface area contributed by atoms with Crippen LogP contribution in [0.4, 0.5) is 11.4 Å². The van der Waals surface area contributed by atoms with Crippen molar-refractivity contribution >= 4 is 23.2 Å². The summed E-state index contributed by atoms with van der Waals surface area (Å²) in [4.78, 5) is 29.0. The van der Waals surface area contributed by atoms with E-state index in [9.17, 15) is 9.59 Å². The van der Waals surface area contributed by atoms with E-state index < -0.39 is 0 Å². The van der Waals surface area contributed by atoms with E-state index in [1.165, 1.54) is 0 Å². The molecule has 2 amide bonds. The predicted octanol–water partition coefficient (Wildman–Crippen LogP) is 3.05. The van der Waals surface area contributed by atoms with Crippen LogP contribution >= 0.6 is 0 Å². The molecule has 1 aliphatic heterocycles. The molecule has 0 bridgehead atoms. The molecule has 1 heterocycles. The molecule has 0 spiro atoms. The Labute approximate surface area is 172 Å². The monoisotopic (exact) mass is 394 g/mol. The molecule has 1 aliphatic rings. The molecule has 1 fully saturated rings. The van der Waals surface area contributed by atoms with E-state index in [1.54, 1.807) is 0 Å². The summed E-state index contributed by atoms with van der Waals surface area (Å²) in [5.41, 5.74) is 1.67. The van der Waals surface area contributed by atoms with E-state index in [0.29, 0.717) is 18.9 Å². The second-order valence-corrected chi connectivity index (χ2v) is 7.51. The van der Waals surface area contributed by atoms with E-state index >= 15 is 0 Å². The lowest BCUT2D eigenvalue weighted by atomic mass is 10.1. The van der Waals surface area contributed by atoms with E-state index in [1.807, 2.05) is 60.7 Å². The number of nitrogens with zero attached hydrogens (tertiary/aromatic N) is 2. The van der Waals surface area contributed by atoms with Crippen molar-refractivity contribution in [3.63, 3.8) is 0 Å². The van der Waals surface area contributed by atoms with Crippen LogP contribution in [0.1, 0.15) is 19.8 Å². The minimum absolute atomic E-state index is 0.0448. The lowest BCUT2D eigenvalue weighted by Crippen LogP contribution is -2.52. The molecule has 1 atom stereocenters. The van der Waals surface area contributed by atoms with Crippen LogP contribution in [0, 0.1) is 0 Å². The van der Waals surface area contributed by atoms with Crippen molar-refractivity contribution in [1.82, 2.24) is 9.80 Å². The predicted molar refractivity (Wildman–Crippen MR) is 117 cm³/mol. The first-order chi connectivity index (χ1) is 14.1. The highest BCUT2D eigenvalue weighted by Gasteiger charge is 2.24. The first-order valence-corrected chi connectivity index (χ1v) is 10.3. The van der Waals surface area contributed by atoms with Gasteiger partial charge in [0, 0.05) is 63.0 Å². The fourth-order valence-electron chi connectivity index (χ4n) is 3.60. The Morgan fingerprint density at radius 1 is 0.828 bits per heavy atom. The molecule has 6 nitrogen and oxygen atoms in total. The average molecular weight is 395 g/mol. The SMILES string of the molecule is CC1CN(CCC(=O)Nc2ccccc2)CCN1CCC(=O)Nc1ccccc1. The molecule has 0 aromatic heterocycles. The van der Waals surface area contributed by atoms with Gasteiger partial charge in [-0.2, -0.15) is 0 Å². The molecule has 1 unspecified atom stereocenters. The van der Waals surface area contributed by atoms with E-state index in [2.05, 4.69) is 27.4 Å². The van der Waals surface area contributed by atoms with Crippen molar-refractivity contribution in [2.75, 3.05) is 43.4 Å². The highest BCUT2D eigenvalue weighted by Crippen LogP contribution is 2.12. The Morgan fingerprint density at radius 3 is 1.86 bits per heavy atom. The van der Waals surface area contributed by atoms with E-state index in [0.717, 1.165) is 44.1 Å². The summed E-state index contributed by atoms with van der Waals surface area (Å²) < 4.78 is 0. The Bertz CT molecular complexity index is 782. The van der Waals surface area contributed by atoms with Gasteiger partial charge >= 0.3 is 0 Å². The van der Waals surface area contributed by atoms with Crippen LogP contribution in [0.15, 0.2) is 60.7 Å². The fourth-order valence-corrected chi connectivity index (χ4v) is 3.60. The number of hydrogen-bond donors (Lipinski definition) is 2. The number of carbonyl (C=O) groups is 2. The van der Waals surface area contributed by atoms with Gasteiger partial charge in [0.25, 0.3) is 0 Å². The van der Waals surface area contributed by atoms with Crippen molar-refractivity contribution in [3.8, 4) is 0 Å². The number of hydrogen-bond acceptors (Lipinski definition) is 4. The lowest BCUT2D eigenvalue weighted by molar-refractivity contribution is -0.118. The number of nitrogens with one attached hydrogen (secondary N) is 2. The second kappa shape index (κ2) is 10.7. The molecular weight excluding hydrogens is 364 g/mol. The largest absolute Gasteiger partial charge is 0.326 e. The minimum Gasteiger partial charge on any atom is -0.326 e. The molecule has 0 saturated carbocycles. The first-order valence-electron chi connectivity index (χ1n) is 10.3. The Hall–Kier alpha value is -2.70. The Balaban J connectivity index is 1.34. The zero-order valence-electron chi connectivity index (χ0n) is 17.0. The van der Waals surface area contributed by atoms with Crippen LogP contribution in [-0.4, -0.2) is 60.4 Å². The topological polar surface area (TPSA) is 64.7 Å². The van der Waals surface area contributed by atoms with Gasteiger partial charge in [0.15, 0.2) is 0 Å². The van der Waals surface area contributed by atoms with Crippen LogP contribution in [0.5, 0.6) is 0 Å². The second-order valence-electron chi connectivity index (χ2n) is 7.51. The maximum atomic E-state index is 12.2. The third kappa shape index (κ3) is 7.00. The fraction of sp³-hybridized carbons (Fsp3) is 0.391. The van der Waals surface area contributed by atoms with Crippen LogP contribution in [-0.2, 0) is 9.59 Å². The van der Waals surface area contributed by atoms with Gasteiger partial charge in [-0.05, 0) is 31.2 Å². The van der Waals surface area contributed by atoms with Crippen molar-refractivity contribution in [2.24, 2.45) is 0 Å². The smallest absolute Gasteiger partial charge is 0.225 e. The Morgan fingerprint density at radius 2 is 1.34 bits per heavy atom. The van der Waals surface area contributed by atoms with Gasteiger partial charge in [-0.15, -0.1) is 0 Å². The van der Waals surface area contributed by atoms with Gasteiger partial charge in [-0.25, -0.2) is 0 Å². The molecule has 1 saturated heterocycles. The summed E-state index contributed by atoms with van der Waals surface area (Å²) in [6.07, 6.45) is 0.972. The molecule has 2 aromatic carbocycles. The molecular formula is C23H30N4O2. The van der Waals surface area contributed by atoms with Crippen LogP contribution in [0.2, 0.25) is 0 Å². The number of anilines is 2. The van der Waals surface area contributed by atoms with Gasteiger partial charge in [-0.3, -0.25) is 14.5 Å². The zero-order valence-corrected chi connectivity index (χ0v) is 17.0. The van der Waals surface area contributed by atoms with Crippen molar-refractivity contribution in [3.05, 3.63) is 60.7 Å². The van der Waals surface area contributed by atoms with Crippen molar-refractivity contribution in [1.29, 1.82) is 0 Å².